The molecule has 0 fully saturated rings. The lowest BCUT2D eigenvalue weighted by molar-refractivity contribution is -0.121. The summed E-state index contributed by atoms with van der Waals surface area (Å²) in [6, 6.07) is -0.347. The van der Waals surface area contributed by atoms with Crippen molar-refractivity contribution < 1.29 is 23.9 Å². The number of hydrogen-bond acceptors (Lipinski definition) is 6. The first-order valence-electron chi connectivity index (χ1n) is 9.75. The Kier molecular flexibility index (Phi) is 11.5. The molecule has 0 aromatic rings. The van der Waals surface area contributed by atoms with Crippen LogP contribution in [0.2, 0.25) is 0 Å². The predicted molar refractivity (Wildman–Crippen MR) is 108 cm³/mol. The average Bonchev–Trinajstić information content (AvgIpc) is 2.48. The molecule has 0 spiro atoms. The summed E-state index contributed by atoms with van der Waals surface area (Å²) in [4.78, 5) is 35.7. The maximum Gasteiger partial charge on any atom is 0.407 e. The van der Waals surface area contributed by atoms with Gasteiger partial charge in [0.15, 0.2) is 0 Å². The fourth-order valence-corrected chi connectivity index (χ4v) is 2.21. The molecule has 0 saturated carbocycles. The zero-order valence-corrected chi connectivity index (χ0v) is 18.1. The van der Waals surface area contributed by atoms with Crippen LogP contribution < -0.4 is 21.7 Å². The van der Waals surface area contributed by atoms with Crippen LogP contribution in [0, 0.1) is 0 Å². The summed E-state index contributed by atoms with van der Waals surface area (Å²) in [5.74, 6) is -0.222. The number of nitrogens with one attached hydrogen (secondary N) is 3. The van der Waals surface area contributed by atoms with E-state index in [1.54, 1.807) is 41.5 Å². The van der Waals surface area contributed by atoms with Gasteiger partial charge in [-0.25, -0.2) is 9.59 Å². The van der Waals surface area contributed by atoms with E-state index < -0.39 is 23.4 Å². The highest BCUT2D eigenvalue weighted by Crippen LogP contribution is 2.10. The van der Waals surface area contributed by atoms with Crippen LogP contribution in [-0.4, -0.2) is 55.0 Å². The van der Waals surface area contributed by atoms with Gasteiger partial charge in [0.05, 0.1) is 0 Å². The quantitative estimate of drug-likeness (QED) is 0.414. The Labute approximate surface area is 168 Å². The minimum absolute atomic E-state index is 0.121. The van der Waals surface area contributed by atoms with Gasteiger partial charge >= 0.3 is 12.2 Å². The molecule has 0 heterocycles. The molecular weight excluding hydrogens is 364 g/mol. The predicted octanol–water partition coefficient (Wildman–Crippen LogP) is 2.04. The van der Waals surface area contributed by atoms with Crippen LogP contribution in [0.4, 0.5) is 9.59 Å². The van der Waals surface area contributed by atoms with E-state index in [1.807, 2.05) is 0 Å². The smallest absolute Gasteiger partial charge is 0.407 e. The van der Waals surface area contributed by atoms with Crippen LogP contribution in [0.5, 0.6) is 0 Å². The van der Waals surface area contributed by atoms with Crippen LogP contribution in [0.25, 0.3) is 0 Å². The Bertz CT molecular complexity index is 498. The van der Waals surface area contributed by atoms with Crippen molar-refractivity contribution in [1.29, 1.82) is 0 Å². The van der Waals surface area contributed by atoms with Crippen molar-refractivity contribution in [2.45, 2.75) is 84.5 Å². The molecule has 164 valence electrons. The Hall–Kier alpha value is -2.03. The topological polar surface area (TPSA) is 132 Å². The number of ether oxygens (including phenoxy) is 2. The molecule has 0 aromatic heterocycles. The molecule has 0 radical (unpaired) electrons. The second-order valence-electron chi connectivity index (χ2n) is 8.61. The molecule has 0 bridgehead atoms. The first-order chi connectivity index (χ1) is 12.8. The van der Waals surface area contributed by atoms with E-state index in [-0.39, 0.29) is 31.5 Å². The van der Waals surface area contributed by atoms with Crippen molar-refractivity contribution in [1.82, 2.24) is 16.0 Å². The second kappa shape index (κ2) is 12.4. The number of carbonyl (C=O) groups excluding carboxylic acids is 3. The second-order valence-corrected chi connectivity index (χ2v) is 8.61. The fourth-order valence-electron chi connectivity index (χ4n) is 2.21. The molecule has 28 heavy (non-hydrogen) atoms. The molecule has 0 aliphatic carbocycles. The highest BCUT2D eigenvalue weighted by atomic mass is 16.6. The standard InChI is InChI=1S/C19H38N4O5/c1-18(2,3)27-16(25)22-12-11-21-15(24)13-14(9-7-8-10-20)23-17(26)28-19(4,5)6/h14H,7-13,20H2,1-6H3,(H,21,24)(H,22,25)(H,23,26)/t14-/m0/s1. The molecular formula is C19H38N4O5. The van der Waals surface area contributed by atoms with Crippen LogP contribution in [0.1, 0.15) is 67.2 Å². The number of hydrogen-bond donors (Lipinski definition) is 4. The summed E-state index contributed by atoms with van der Waals surface area (Å²) < 4.78 is 10.4. The van der Waals surface area contributed by atoms with Crippen LogP contribution >= 0.6 is 0 Å². The highest BCUT2D eigenvalue weighted by Gasteiger charge is 2.21. The molecule has 5 N–H and O–H groups in total. The van der Waals surface area contributed by atoms with Crippen molar-refractivity contribution in [3.63, 3.8) is 0 Å². The first kappa shape index (κ1) is 26.0. The lowest BCUT2D eigenvalue weighted by Gasteiger charge is -2.23. The molecule has 3 amide bonds. The third kappa shape index (κ3) is 16.2. The lowest BCUT2D eigenvalue weighted by Crippen LogP contribution is -2.43. The average molecular weight is 403 g/mol. The highest BCUT2D eigenvalue weighted by molar-refractivity contribution is 5.77. The summed E-state index contributed by atoms with van der Waals surface area (Å²) in [5, 5.41) is 8.03. The van der Waals surface area contributed by atoms with Gasteiger partial charge in [-0.05, 0) is 60.9 Å². The number of rotatable bonds is 10. The monoisotopic (exact) mass is 402 g/mol. The van der Waals surface area contributed by atoms with Crippen molar-refractivity contribution >= 4 is 18.1 Å². The minimum atomic E-state index is -0.610. The van der Waals surface area contributed by atoms with Gasteiger partial charge in [0.1, 0.15) is 11.2 Å². The summed E-state index contributed by atoms with van der Waals surface area (Å²) in [6.45, 7) is 11.7. The summed E-state index contributed by atoms with van der Waals surface area (Å²) in [6.07, 6.45) is 1.27. The Balaban J connectivity index is 4.35. The van der Waals surface area contributed by atoms with Gasteiger partial charge < -0.3 is 31.2 Å². The maximum atomic E-state index is 12.2. The normalized spacial score (nSPS) is 12.7. The van der Waals surface area contributed by atoms with Gasteiger partial charge in [-0.15, -0.1) is 0 Å². The van der Waals surface area contributed by atoms with Crippen LogP contribution in [-0.2, 0) is 14.3 Å². The molecule has 0 saturated heterocycles. The maximum absolute atomic E-state index is 12.2. The zero-order valence-electron chi connectivity index (χ0n) is 18.1. The largest absolute Gasteiger partial charge is 0.444 e. The number of unbranched alkanes of at least 4 members (excludes halogenated alkanes) is 1. The number of carbonyl (C=O) groups is 3. The third-order valence-electron chi connectivity index (χ3n) is 3.27. The molecule has 9 nitrogen and oxygen atoms in total. The van der Waals surface area contributed by atoms with E-state index in [4.69, 9.17) is 15.2 Å². The van der Waals surface area contributed by atoms with E-state index >= 15 is 0 Å². The van der Waals surface area contributed by atoms with Crippen molar-refractivity contribution in [2.75, 3.05) is 19.6 Å². The summed E-state index contributed by atoms with van der Waals surface area (Å²) in [5.41, 5.74) is 4.33. The number of nitrogens with two attached hydrogens (primary N) is 1. The van der Waals surface area contributed by atoms with Gasteiger partial charge in [-0.1, -0.05) is 6.42 Å². The zero-order chi connectivity index (χ0) is 21.8. The van der Waals surface area contributed by atoms with Crippen molar-refractivity contribution in [3.05, 3.63) is 0 Å². The molecule has 0 rings (SSSR count). The van der Waals surface area contributed by atoms with E-state index in [9.17, 15) is 14.4 Å². The molecule has 9 heteroatoms. The lowest BCUT2D eigenvalue weighted by atomic mass is 10.1. The Morgan fingerprint density at radius 3 is 1.93 bits per heavy atom. The van der Waals surface area contributed by atoms with Gasteiger partial charge in [0, 0.05) is 25.6 Å². The number of alkyl carbamates (subject to hydrolysis) is 2. The summed E-state index contributed by atoms with van der Waals surface area (Å²) in [7, 11) is 0. The van der Waals surface area contributed by atoms with E-state index in [0.29, 0.717) is 13.0 Å². The van der Waals surface area contributed by atoms with Gasteiger partial charge in [0.2, 0.25) is 5.91 Å². The first-order valence-corrected chi connectivity index (χ1v) is 9.75. The summed E-state index contributed by atoms with van der Waals surface area (Å²) >= 11 is 0. The molecule has 0 unspecified atom stereocenters. The number of amides is 3. The molecule has 0 aliphatic heterocycles. The molecule has 0 aliphatic rings. The van der Waals surface area contributed by atoms with E-state index in [1.165, 1.54) is 0 Å². The van der Waals surface area contributed by atoms with Gasteiger partial charge in [-0.3, -0.25) is 4.79 Å². The van der Waals surface area contributed by atoms with Crippen molar-refractivity contribution in [3.8, 4) is 0 Å². The Morgan fingerprint density at radius 2 is 1.39 bits per heavy atom. The Morgan fingerprint density at radius 1 is 0.857 bits per heavy atom. The molecule has 0 aromatic carbocycles. The fraction of sp³-hybridized carbons (Fsp3) is 0.842. The van der Waals surface area contributed by atoms with E-state index in [0.717, 1.165) is 12.8 Å². The van der Waals surface area contributed by atoms with Crippen LogP contribution in [0.15, 0.2) is 0 Å². The van der Waals surface area contributed by atoms with E-state index in [2.05, 4.69) is 16.0 Å². The van der Waals surface area contributed by atoms with Crippen LogP contribution in [0.3, 0.4) is 0 Å². The molecule has 1 atom stereocenters. The minimum Gasteiger partial charge on any atom is -0.444 e. The SMILES string of the molecule is CC(C)(C)OC(=O)NCCNC(=O)C[C@H](CCCCN)NC(=O)OC(C)(C)C. The third-order valence-corrected chi connectivity index (χ3v) is 3.27. The van der Waals surface area contributed by atoms with Gasteiger partial charge in [-0.2, -0.15) is 0 Å². The van der Waals surface area contributed by atoms with Gasteiger partial charge in [0.25, 0.3) is 0 Å². The van der Waals surface area contributed by atoms with Crippen molar-refractivity contribution in [2.24, 2.45) is 5.73 Å².